The number of rotatable bonds is 5. The highest BCUT2D eigenvalue weighted by Gasteiger charge is 2.31. The summed E-state index contributed by atoms with van der Waals surface area (Å²) < 4.78 is 40.6. The molecule has 2 heterocycles. The Labute approximate surface area is 161 Å². The van der Waals surface area contributed by atoms with Crippen molar-refractivity contribution >= 4 is 11.7 Å². The van der Waals surface area contributed by atoms with E-state index in [1.807, 2.05) is 19.1 Å². The number of alkyl halides is 3. The molecule has 0 radical (unpaired) electrons. The summed E-state index contributed by atoms with van der Waals surface area (Å²) >= 11 is 0. The highest BCUT2D eigenvalue weighted by Crippen LogP contribution is 2.24. The van der Waals surface area contributed by atoms with Gasteiger partial charge < -0.3 is 10.1 Å². The van der Waals surface area contributed by atoms with Crippen LogP contribution in [0, 0.1) is 12.8 Å². The average molecular weight is 393 g/mol. The highest BCUT2D eigenvalue weighted by atomic mass is 19.4. The lowest BCUT2D eigenvalue weighted by molar-refractivity contribution is -0.274. The van der Waals surface area contributed by atoms with Crippen LogP contribution in [0.1, 0.15) is 24.0 Å². The lowest BCUT2D eigenvalue weighted by Crippen LogP contribution is -2.40. The minimum atomic E-state index is -4.69. The number of ether oxygens (including phenoxy) is 1. The standard InChI is InChI=1S/C20H22F3N3O2/c1-14-4-2-10-24-18(14)25-19(27)16-5-3-11-26(13-16)12-15-6-8-17(9-7-15)28-20(21,22)23/h2,4,6-10,16H,3,5,11-13H2,1H3,(H,24,25,27)/t16-/m1/s1. The number of benzene rings is 1. The van der Waals surface area contributed by atoms with Gasteiger partial charge in [0.25, 0.3) is 0 Å². The number of halogens is 3. The molecule has 0 aliphatic carbocycles. The average Bonchev–Trinajstić information content (AvgIpc) is 2.64. The maximum Gasteiger partial charge on any atom is 0.573 e. The van der Waals surface area contributed by atoms with Crippen molar-refractivity contribution in [1.82, 2.24) is 9.88 Å². The molecule has 0 unspecified atom stereocenters. The molecule has 1 aromatic heterocycles. The van der Waals surface area contributed by atoms with E-state index < -0.39 is 6.36 Å². The number of hydrogen-bond donors (Lipinski definition) is 1. The zero-order chi connectivity index (χ0) is 20.1. The molecular weight excluding hydrogens is 371 g/mol. The van der Waals surface area contributed by atoms with Crippen LogP contribution in [0.25, 0.3) is 0 Å². The number of nitrogens with zero attached hydrogens (tertiary/aromatic N) is 2. The van der Waals surface area contributed by atoms with Crippen molar-refractivity contribution < 1.29 is 22.7 Å². The van der Waals surface area contributed by atoms with Gasteiger partial charge in [0.2, 0.25) is 5.91 Å². The van der Waals surface area contributed by atoms with E-state index in [1.54, 1.807) is 18.3 Å². The number of hydrogen-bond acceptors (Lipinski definition) is 4. The smallest absolute Gasteiger partial charge is 0.406 e. The number of piperidine rings is 1. The highest BCUT2D eigenvalue weighted by molar-refractivity contribution is 5.92. The van der Waals surface area contributed by atoms with E-state index in [0.717, 1.165) is 30.5 Å². The van der Waals surface area contributed by atoms with Gasteiger partial charge in [0.1, 0.15) is 11.6 Å². The lowest BCUT2D eigenvalue weighted by atomic mass is 9.96. The van der Waals surface area contributed by atoms with Crippen LogP contribution in [0.5, 0.6) is 5.75 Å². The molecule has 1 saturated heterocycles. The van der Waals surface area contributed by atoms with Gasteiger partial charge in [0, 0.05) is 19.3 Å². The number of nitrogens with one attached hydrogen (secondary N) is 1. The van der Waals surface area contributed by atoms with Crippen LogP contribution in [-0.2, 0) is 11.3 Å². The van der Waals surface area contributed by atoms with Crippen LogP contribution >= 0.6 is 0 Å². The molecule has 1 aliphatic rings. The van der Waals surface area contributed by atoms with Crippen molar-refractivity contribution in [2.24, 2.45) is 5.92 Å². The van der Waals surface area contributed by atoms with Gasteiger partial charge in [-0.2, -0.15) is 0 Å². The minimum Gasteiger partial charge on any atom is -0.406 e. The predicted octanol–water partition coefficient (Wildman–Crippen LogP) is 4.14. The Kier molecular flexibility index (Phi) is 6.18. The summed E-state index contributed by atoms with van der Waals surface area (Å²) in [7, 11) is 0. The zero-order valence-corrected chi connectivity index (χ0v) is 15.5. The molecule has 0 spiro atoms. The molecule has 150 valence electrons. The molecule has 1 fully saturated rings. The monoisotopic (exact) mass is 393 g/mol. The van der Waals surface area contributed by atoms with E-state index in [2.05, 4.69) is 19.9 Å². The Balaban J connectivity index is 1.56. The van der Waals surface area contributed by atoms with Crippen LogP contribution in [-0.4, -0.2) is 35.2 Å². The van der Waals surface area contributed by atoms with Crippen molar-refractivity contribution in [3.05, 3.63) is 53.7 Å². The number of aryl methyl sites for hydroxylation is 1. The fourth-order valence-electron chi connectivity index (χ4n) is 3.30. The van der Waals surface area contributed by atoms with Gasteiger partial charge in [0.05, 0.1) is 5.92 Å². The van der Waals surface area contributed by atoms with Gasteiger partial charge >= 0.3 is 6.36 Å². The van der Waals surface area contributed by atoms with Crippen molar-refractivity contribution in [3.63, 3.8) is 0 Å². The SMILES string of the molecule is Cc1cccnc1NC(=O)[C@@H]1CCCN(Cc2ccc(OC(F)(F)F)cc2)C1. The molecule has 0 bridgehead atoms. The summed E-state index contributed by atoms with van der Waals surface area (Å²) in [6.07, 6.45) is -1.37. The Bertz CT molecular complexity index is 809. The molecule has 1 aliphatic heterocycles. The topological polar surface area (TPSA) is 54.5 Å². The van der Waals surface area contributed by atoms with Crippen LogP contribution in [0.4, 0.5) is 19.0 Å². The molecule has 28 heavy (non-hydrogen) atoms. The second kappa shape index (κ2) is 8.60. The van der Waals surface area contributed by atoms with Crippen LogP contribution < -0.4 is 10.1 Å². The quantitative estimate of drug-likeness (QED) is 0.830. The molecule has 0 saturated carbocycles. The van der Waals surface area contributed by atoms with Crippen molar-refractivity contribution in [2.75, 3.05) is 18.4 Å². The first-order valence-electron chi connectivity index (χ1n) is 9.10. The van der Waals surface area contributed by atoms with Gasteiger partial charge in [-0.05, 0) is 55.6 Å². The van der Waals surface area contributed by atoms with Gasteiger partial charge in [-0.25, -0.2) is 4.98 Å². The summed E-state index contributed by atoms with van der Waals surface area (Å²) in [6.45, 7) is 3.90. The normalized spacial score (nSPS) is 17.9. The maximum absolute atomic E-state index is 12.6. The van der Waals surface area contributed by atoms with E-state index in [0.29, 0.717) is 18.9 Å². The van der Waals surface area contributed by atoms with E-state index in [9.17, 15) is 18.0 Å². The first-order valence-corrected chi connectivity index (χ1v) is 9.10. The largest absolute Gasteiger partial charge is 0.573 e. The van der Waals surface area contributed by atoms with Gasteiger partial charge in [-0.15, -0.1) is 13.2 Å². The van der Waals surface area contributed by atoms with Crippen molar-refractivity contribution in [3.8, 4) is 5.75 Å². The molecule has 1 amide bonds. The fourth-order valence-corrected chi connectivity index (χ4v) is 3.30. The number of likely N-dealkylation sites (tertiary alicyclic amines) is 1. The fraction of sp³-hybridized carbons (Fsp3) is 0.400. The first kappa shape index (κ1) is 20.1. The van der Waals surface area contributed by atoms with E-state index >= 15 is 0 Å². The van der Waals surface area contributed by atoms with Crippen LogP contribution in [0.3, 0.4) is 0 Å². The van der Waals surface area contributed by atoms with Gasteiger partial charge in [0.15, 0.2) is 0 Å². The van der Waals surface area contributed by atoms with E-state index in [-0.39, 0.29) is 17.6 Å². The van der Waals surface area contributed by atoms with Crippen LogP contribution in [0.15, 0.2) is 42.6 Å². The Morgan fingerprint density at radius 1 is 1.29 bits per heavy atom. The third kappa shape index (κ3) is 5.69. The number of pyridine rings is 1. The van der Waals surface area contributed by atoms with Gasteiger partial charge in [-0.3, -0.25) is 9.69 Å². The predicted molar refractivity (Wildman–Crippen MR) is 98.7 cm³/mol. The third-order valence-corrected chi connectivity index (χ3v) is 4.69. The maximum atomic E-state index is 12.6. The van der Waals surface area contributed by atoms with Crippen molar-refractivity contribution in [1.29, 1.82) is 0 Å². The lowest BCUT2D eigenvalue weighted by Gasteiger charge is -2.32. The van der Waals surface area contributed by atoms with E-state index in [1.165, 1.54) is 12.1 Å². The first-order chi connectivity index (χ1) is 13.3. The summed E-state index contributed by atoms with van der Waals surface area (Å²) in [4.78, 5) is 18.9. The summed E-state index contributed by atoms with van der Waals surface area (Å²) in [6, 6.07) is 9.55. The minimum absolute atomic E-state index is 0.0552. The van der Waals surface area contributed by atoms with Gasteiger partial charge in [-0.1, -0.05) is 18.2 Å². The number of aromatic nitrogens is 1. The molecule has 5 nitrogen and oxygen atoms in total. The summed E-state index contributed by atoms with van der Waals surface area (Å²) in [5.41, 5.74) is 1.78. The second-order valence-electron chi connectivity index (χ2n) is 6.92. The zero-order valence-electron chi connectivity index (χ0n) is 15.5. The third-order valence-electron chi connectivity index (χ3n) is 4.69. The number of anilines is 1. The Morgan fingerprint density at radius 3 is 2.71 bits per heavy atom. The Hall–Kier alpha value is -2.61. The van der Waals surface area contributed by atoms with Crippen molar-refractivity contribution in [2.45, 2.75) is 32.7 Å². The molecule has 1 atom stereocenters. The molecule has 8 heteroatoms. The molecule has 3 rings (SSSR count). The summed E-state index contributed by atoms with van der Waals surface area (Å²) in [5, 5.41) is 2.89. The van der Waals surface area contributed by atoms with E-state index in [4.69, 9.17) is 0 Å². The summed E-state index contributed by atoms with van der Waals surface area (Å²) in [5.74, 6) is 0.131. The molecule has 1 aromatic carbocycles. The number of carbonyl (C=O) groups excluding carboxylic acids is 1. The Morgan fingerprint density at radius 2 is 2.04 bits per heavy atom. The van der Waals surface area contributed by atoms with Crippen LogP contribution in [0.2, 0.25) is 0 Å². The molecular formula is C20H22F3N3O2. The molecule has 1 N–H and O–H groups in total. The molecule has 2 aromatic rings. The number of carbonyl (C=O) groups is 1. The second-order valence-corrected chi connectivity index (χ2v) is 6.92. The number of amides is 1.